The van der Waals surface area contributed by atoms with Gasteiger partial charge in [-0.25, -0.2) is 0 Å². The fraction of sp³-hybridized carbons (Fsp3) is 0.667. The second kappa shape index (κ2) is 16.0. The highest BCUT2D eigenvalue weighted by atomic mass is 16.3. The maximum absolute atomic E-state index is 12.2. The van der Waals surface area contributed by atoms with E-state index in [0.29, 0.717) is 12.2 Å². The van der Waals surface area contributed by atoms with Gasteiger partial charge in [-0.3, -0.25) is 4.79 Å². The molecule has 0 aliphatic heterocycles. The Hall–Kier alpha value is -1.77. The van der Waals surface area contributed by atoms with Gasteiger partial charge in [-0.15, -0.1) is 0 Å². The lowest BCUT2D eigenvalue weighted by Crippen LogP contribution is -2.12. The van der Waals surface area contributed by atoms with Gasteiger partial charge in [0.1, 0.15) is 5.75 Å². The number of aryl methyl sites for hydroxylation is 1. The van der Waals surface area contributed by atoms with Crippen LogP contribution in [0, 0.1) is 20.8 Å². The number of unbranched alkanes of at least 4 members (excludes halogenated alkanes) is 11. The highest BCUT2D eigenvalue weighted by Crippen LogP contribution is 2.30. The molecule has 30 heavy (non-hydrogen) atoms. The molecule has 170 valence electrons. The zero-order valence-corrected chi connectivity index (χ0v) is 20.0. The number of hydrogen-bond donors (Lipinski definition) is 2. The standard InChI is InChI=1S/C27H45NO2/c1-5-6-7-8-9-10-11-12-13-14-15-16-17-18-19-20-26(29)28-25-21-22(2)27(30)24(4)23(25)3/h12-13,21,30H,5-11,14-20H2,1-4H3,(H,28,29)/b13-12+. The number of phenols is 1. The minimum atomic E-state index is 0.0696. The Labute approximate surface area is 185 Å². The summed E-state index contributed by atoms with van der Waals surface area (Å²) in [7, 11) is 0. The Balaban J connectivity index is 2.03. The van der Waals surface area contributed by atoms with E-state index in [1.165, 1.54) is 70.6 Å². The van der Waals surface area contributed by atoms with Crippen LogP contribution in [0.1, 0.15) is 114 Å². The molecule has 2 N–H and O–H groups in total. The molecule has 0 heterocycles. The largest absolute Gasteiger partial charge is 0.507 e. The van der Waals surface area contributed by atoms with Crippen LogP contribution >= 0.6 is 0 Å². The molecule has 0 atom stereocenters. The van der Waals surface area contributed by atoms with E-state index in [1.54, 1.807) is 0 Å². The number of phenolic OH excluding ortho intramolecular Hbond substituents is 1. The maximum atomic E-state index is 12.2. The van der Waals surface area contributed by atoms with Gasteiger partial charge in [-0.05, 0) is 75.6 Å². The first-order chi connectivity index (χ1) is 14.5. The molecule has 1 aromatic carbocycles. The van der Waals surface area contributed by atoms with Crippen LogP contribution in [0.25, 0.3) is 0 Å². The van der Waals surface area contributed by atoms with Crippen LogP contribution in [-0.4, -0.2) is 11.0 Å². The summed E-state index contributed by atoms with van der Waals surface area (Å²) in [5.74, 6) is 0.392. The number of aromatic hydroxyl groups is 1. The third kappa shape index (κ3) is 10.8. The van der Waals surface area contributed by atoms with Gasteiger partial charge in [-0.2, -0.15) is 0 Å². The molecule has 0 aromatic heterocycles. The molecule has 3 heteroatoms. The number of benzene rings is 1. The molecular formula is C27H45NO2. The highest BCUT2D eigenvalue weighted by Gasteiger charge is 2.11. The summed E-state index contributed by atoms with van der Waals surface area (Å²) in [6.45, 7) is 7.95. The lowest BCUT2D eigenvalue weighted by Gasteiger charge is -2.14. The van der Waals surface area contributed by atoms with Crippen LogP contribution in [0.2, 0.25) is 0 Å². The molecule has 1 aromatic rings. The van der Waals surface area contributed by atoms with Gasteiger partial charge < -0.3 is 10.4 Å². The molecule has 0 spiro atoms. The molecule has 3 nitrogen and oxygen atoms in total. The summed E-state index contributed by atoms with van der Waals surface area (Å²) in [4.78, 5) is 12.2. The number of amides is 1. The third-order valence-corrected chi connectivity index (χ3v) is 6.00. The van der Waals surface area contributed by atoms with E-state index in [9.17, 15) is 9.90 Å². The first-order valence-corrected chi connectivity index (χ1v) is 12.2. The van der Waals surface area contributed by atoms with Crippen molar-refractivity contribution in [3.05, 3.63) is 34.9 Å². The van der Waals surface area contributed by atoms with Crippen LogP contribution < -0.4 is 5.32 Å². The molecule has 0 radical (unpaired) electrons. The molecule has 1 amide bonds. The molecular weight excluding hydrogens is 370 g/mol. The van der Waals surface area contributed by atoms with Crippen molar-refractivity contribution in [2.24, 2.45) is 0 Å². The van der Waals surface area contributed by atoms with Gasteiger partial charge >= 0.3 is 0 Å². The summed E-state index contributed by atoms with van der Waals surface area (Å²) in [5.41, 5.74) is 3.40. The van der Waals surface area contributed by atoms with Crippen molar-refractivity contribution in [3.8, 4) is 5.75 Å². The monoisotopic (exact) mass is 415 g/mol. The number of carbonyl (C=O) groups excluding carboxylic acids is 1. The van der Waals surface area contributed by atoms with Gasteiger partial charge in [0.05, 0.1) is 0 Å². The Kier molecular flexibility index (Phi) is 14.0. The lowest BCUT2D eigenvalue weighted by molar-refractivity contribution is -0.116. The van der Waals surface area contributed by atoms with Crippen molar-refractivity contribution in [3.63, 3.8) is 0 Å². The lowest BCUT2D eigenvalue weighted by atomic mass is 10.0. The van der Waals surface area contributed by atoms with E-state index in [4.69, 9.17) is 0 Å². The van der Waals surface area contributed by atoms with Crippen molar-refractivity contribution in [2.75, 3.05) is 5.32 Å². The molecule has 0 saturated carbocycles. The van der Waals surface area contributed by atoms with Crippen molar-refractivity contribution in [2.45, 2.75) is 118 Å². The van der Waals surface area contributed by atoms with Gasteiger partial charge in [0.25, 0.3) is 0 Å². The van der Waals surface area contributed by atoms with E-state index in [0.717, 1.165) is 35.2 Å². The van der Waals surface area contributed by atoms with Gasteiger partial charge in [0.2, 0.25) is 5.91 Å². The van der Waals surface area contributed by atoms with Crippen molar-refractivity contribution in [1.82, 2.24) is 0 Å². The molecule has 0 unspecified atom stereocenters. The van der Waals surface area contributed by atoms with E-state index < -0.39 is 0 Å². The number of allylic oxidation sites excluding steroid dienone is 2. The first kappa shape index (κ1) is 26.3. The summed E-state index contributed by atoms with van der Waals surface area (Å²) in [6.07, 6.45) is 21.7. The normalized spacial score (nSPS) is 11.3. The molecule has 0 fully saturated rings. The van der Waals surface area contributed by atoms with E-state index in [1.807, 2.05) is 26.8 Å². The zero-order chi connectivity index (χ0) is 22.2. The van der Waals surface area contributed by atoms with Gasteiger partial charge in [0, 0.05) is 12.1 Å². The summed E-state index contributed by atoms with van der Waals surface area (Å²) in [5, 5.41) is 13.0. The average Bonchev–Trinajstić information content (AvgIpc) is 2.73. The van der Waals surface area contributed by atoms with E-state index >= 15 is 0 Å². The third-order valence-electron chi connectivity index (χ3n) is 6.00. The second-order valence-electron chi connectivity index (χ2n) is 8.72. The minimum Gasteiger partial charge on any atom is -0.507 e. The topological polar surface area (TPSA) is 49.3 Å². The van der Waals surface area contributed by atoms with Crippen LogP contribution in [0.4, 0.5) is 5.69 Å². The van der Waals surface area contributed by atoms with Crippen LogP contribution in [0.5, 0.6) is 5.75 Å². The molecule has 0 aliphatic rings. The molecule has 0 aliphatic carbocycles. The minimum absolute atomic E-state index is 0.0696. The Bertz CT molecular complexity index is 649. The van der Waals surface area contributed by atoms with E-state index in [2.05, 4.69) is 24.4 Å². The SMILES string of the molecule is CCCCCCCC/C=C/CCCCCCCC(=O)Nc1cc(C)c(O)c(C)c1C. The van der Waals surface area contributed by atoms with E-state index in [-0.39, 0.29) is 5.91 Å². The first-order valence-electron chi connectivity index (χ1n) is 12.2. The van der Waals surface area contributed by atoms with Crippen molar-refractivity contribution >= 4 is 11.6 Å². The Morgan fingerprint density at radius 2 is 1.37 bits per heavy atom. The molecule has 0 bridgehead atoms. The van der Waals surface area contributed by atoms with Gasteiger partial charge in [0.15, 0.2) is 0 Å². The Morgan fingerprint density at radius 3 is 1.97 bits per heavy atom. The van der Waals surface area contributed by atoms with Crippen LogP contribution in [-0.2, 0) is 4.79 Å². The fourth-order valence-electron chi connectivity index (χ4n) is 3.77. The number of nitrogens with one attached hydrogen (secondary N) is 1. The molecule has 0 saturated heterocycles. The summed E-state index contributed by atoms with van der Waals surface area (Å²) in [6, 6.07) is 1.86. The van der Waals surface area contributed by atoms with Crippen molar-refractivity contribution < 1.29 is 9.90 Å². The zero-order valence-electron chi connectivity index (χ0n) is 20.0. The maximum Gasteiger partial charge on any atom is 0.224 e. The fourth-order valence-corrected chi connectivity index (χ4v) is 3.77. The Morgan fingerprint density at radius 1 is 0.833 bits per heavy atom. The predicted octanol–water partition coefficient (Wildman–Crippen LogP) is 8.29. The number of hydrogen-bond acceptors (Lipinski definition) is 2. The van der Waals surface area contributed by atoms with Gasteiger partial charge in [-0.1, -0.05) is 70.4 Å². The quantitative estimate of drug-likeness (QED) is 0.162. The second-order valence-corrected chi connectivity index (χ2v) is 8.72. The number of anilines is 1. The predicted molar refractivity (Wildman–Crippen MR) is 130 cm³/mol. The van der Waals surface area contributed by atoms with Crippen LogP contribution in [0.3, 0.4) is 0 Å². The molecule has 1 rings (SSSR count). The van der Waals surface area contributed by atoms with Crippen molar-refractivity contribution in [1.29, 1.82) is 0 Å². The average molecular weight is 416 g/mol. The summed E-state index contributed by atoms with van der Waals surface area (Å²) >= 11 is 0. The van der Waals surface area contributed by atoms with Crippen LogP contribution in [0.15, 0.2) is 18.2 Å². The summed E-state index contributed by atoms with van der Waals surface area (Å²) < 4.78 is 0. The highest BCUT2D eigenvalue weighted by molar-refractivity contribution is 5.92. The smallest absolute Gasteiger partial charge is 0.224 e. The number of carbonyl (C=O) groups is 1. The number of rotatable bonds is 16.